The maximum atomic E-state index is 5.96. The normalized spacial score (nSPS) is 40.0. The van der Waals surface area contributed by atoms with E-state index in [1.165, 1.54) is 0 Å². The molecule has 0 aromatic rings. The first-order valence-corrected chi connectivity index (χ1v) is 5.95. The third-order valence-electron chi connectivity index (χ3n) is 3.90. The van der Waals surface area contributed by atoms with E-state index in [-0.39, 0.29) is 12.5 Å². The molecule has 15 heavy (non-hydrogen) atoms. The minimum absolute atomic E-state index is 0.117. The summed E-state index contributed by atoms with van der Waals surface area (Å²) < 4.78 is 5.96. The molecular formula is C12H26N2O. The van der Waals surface area contributed by atoms with Gasteiger partial charge in [0.15, 0.2) is 6.35 Å². The fraction of sp³-hybridized carbons (Fsp3) is 1.00. The molecule has 1 aliphatic heterocycles. The first-order valence-electron chi connectivity index (χ1n) is 5.95. The van der Waals surface area contributed by atoms with Gasteiger partial charge in [-0.05, 0) is 47.7 Å². The minimum Gasteiger partial charge on any atom is -0.347 e. The Morgan fingerprint density at radius 2 is 1.33 bits per heavy atom. The highest BCUT2D eigenvalue weighted by Gasteiger charge is 2.39. The highest BCUT2D eigenvalue weighted by Crippen LogP contribution is 2.28. The number of nitrogens with zero attached hydrogens (tertiary/aromatic N) is 2. The van der Waals surface area contributed by atoms with Crippen LogP contribution in [0.4, 0.5) is 0 Å². The molecule has 0 aliphatic carbocycles. The Labute approximate surface area is 94.4 Å². The van der Waals surface area contributed by atoms with E-state index in [4.69, 9.17) is 4.74 Å². The summed E-state index contributed by atoms with van der Waals surface area (Å²) in [6.45, 7) is 11.1. The van der Waals surface area contributed by atoms with Gasteiger partial charge in [0.25, 0.3) is 0 Å². The van der Waals surface area contributed by atoms with Gasteiger partial charge in [-0.15, -0.1) is 0 Å². The first-order chi connectivity index (χ1) is 6.86. The van der Waals surface area contributed by atoms with Gasteiger partial charge in [-0.1, -0.05) is 6.92 Å². The molecule has 2 atom stereocenters. The third kappa shape index (κ3) is 2.52. The van der Waals surface area contributed by atoms with Crippen molar-refractivity contribution in [3.05, 3.63) is 0 Å². The standard InChI is InChI=1S/C12H26N2O/c1-8(2)15-12-13(6)10(4)9(3)11(5)14(12)7/h8-12H,1-7H3. The van der Waals surface area contributed by atoms with Gasteiger partial charge in [0, 0.05) is 12.1 Å². The van der Waals surface area contributed by atoms with E-state index in [2.05, 4.69) is 58.5 Å². The Balaban J connectivity index is 2.77. The molecule has 1 saturated heterocycles. The van der Waals surface area contributed by atoms with Gasteiger partial charge >= 0.3 is 0 Å². The monoisotopic (exact) mass is 214 g/mol. The Hall–Kier alpha value is -0.120. The van der Waals surface area contributed by atoms with E-state index in [1.807, 2.05) is 0 Å². The van der Waals surface area contributed by atoms with E-state index >= 15 is 0 Å². The van der Waals surface area contributed by atoms with Crippen LogP contribution in [0.5, 0.6) is 0 Å². The molecule has 90 valence electrons. The quantitative estimate of drug-likeness (QED) is 0.699. The third-order valence-corrected chi connectivity index (χ3v) is 3.90. The molecule has 0 N–H and O–H groups in total. The fourth-order valence-corrected chi connectivity index (χ4v) is 2.27. The number of hydrogen-bond donors (Lipinski definition) is 0. The summed E-state index contributed by atoms with van der Waals surface area (Å²) in [5, 5.41) is 0. The van der Waals surface area contributed by atoms with Crippen molar-refractivity contribution in [2.45, 2.75) is 59.2 Å². The molecular weight excluding hydrogens is 188 g/mol. The van der Waals surface area contributed by atoms with Gasteiger partial charge in [0.2, 0.25) is 0 Å². The SMILES string of the molecule is CC(C)OC1N(C)C(C)C(C)C(C)N1C. The van der Waals surface area contributed by atoms with Crippen LogP contribution in [0.25, 0.3) is 0 Å². The predicted octanol–water partition coefficient (Wildman–Crippen LogP) is 1.99. The van der Waals surface area contributed by atoms with E-state index in [0.29, 0.717) is 18.0 Å². The zero-order valence-corrected chi connectivity index (χ0v) is 11.2. The molecule has 0 spiro atoms. The Bertz CT molecular complexity index is 192. The van der Waals surface area contributed by atoms with Crippen LogP contribution in [0.2, 0.25) is 0 Å². The van der Waals surface area contributed by atoms with E-state index in [9.17, 15) is 0 Å². The molecule has 0 amide bonds. The highest BCUT2D eigenvalue weighted by atomic mass is 16.5. The maximum Gasteiger partial charge on any atom is 0.168 e. The van der Waals surface area contributed by atoms with Gasteiger partial charge in [-0.2, -0.15) is 0 Å². The summed E-state index contributed by atoms with van der Waals surface area (Å²) in [5.41, 5.74) is 0. The van der Waals surface area contributed by atoms with Gasteiger partial charge in [-0.3, -0.25) is 9.80 Å². The predicted molar refractivity (Wildman–Crippen MR) is 63.6 cm³/mol. The topological polar surface area (TPSA) is 15.7 Å². The molecule has 1 rings (SSSR count). The second-order valence-electron chi connectivity index (χ2n) is 5.18. The summed E-state index contributed by atoms with van der Waals surface area (Å²) in [5.74, 6) is 0.673. The van der Waals surface area contributed by atoms with Gasteiger partial charge in [-0.25, -0.2) is 0 Å². The number of ether oxygens (including phenoxy) is 1. The van der Waals surface area contributed by atoms with Crippen molar-refractivity contribution in [2.24, 2.45) is 5.92 Å². The van der Waals surface area contributed by atoms with Crippen LogP contribution in [0, 0.1) is 5.92 Å². The van der Waals surface area contributed by atoms with Crippen molar-refractivity contribution >= 4 is 0 Å². The molecule has 3 heteroatoms. The molecule has 0 bridgehead atoms. The van der Waals surface area contributed by atoms with Crippen LogP contribution in [0.3, 0.4) is 0 Å². The zero-order valence-electron chi connectivity index (χ0n) is 11.2. The van der Waals surface area contributed by atoms with Gasteiger partial charge in [0.05, 0.1) is 6.10 Å². The van der Waals surface area contributed by atoms with Gasteiger partial charge < -0.3 is 4.74 Å². The lowest BCUT2D eigenvalue weighted by atomic mass is 9.91. The van der Waals surface area contributed by atoms with Crippen LogP contribution < -0.4 is 0 Å². The summed E-state index contributed by atoms with van der Waals surface area (Å²) >= 11 is 0. The highest BCUT2D eigenvalue weighted by molar-refractivity contribution is 4.86. The van der Waals surface area contributed by atoms with E-state index < -0.39 is 0 Å². The van der Waals surface area contributed by atoms with Crippen molar-refractivity contribution in [3.63, 3.8) is 0 Å². The van der Waals surface area contributed by atoms with Crippen molar-refractivity contribution < 1.29 is 4.74 Å². The van der Waals surface area contributed by atoms with Crippen molar-refractivity contribution in [3.8, 4) is 0 Å². The summed E-state index contributed by atoms with van der Waals surface area (Å²) in [6, 6.07) is 1.14. The lowest BCUT2D eigenvalue weighted by Gasteiger charge is -2.51. The van der Waals surface area contributed by atoms with E-state index in [1.54, 1.807) is 0 Å². The summed E-state index contributed by atoms with van der Waals surface area (Å²) in [6.07, 6.45) is 0.388. The lowest BCUT2D eigenvalue weighted by molar-refractivity contribution is -0.215. The van der Waals surface area contributed by atoms with Crippen LogP contribution in [-0.4, -0.2) is 48.4 Å². The van der Waals surface area contributed by atoms with Crippen LogP contribution >= 0.6 is 0 Å². The van der Waals surface area contributed by atoms with Crippen LogP contribution in [0.15, 0.2) is 0 Å². The summed E-state index contributed by atoms with van der Waals surface area (Å²) in [7, 11) is 4.30. The maximum absolute atomic E-state index is 5.96. The number of hydrogen-bond acceptors (Lipinski definition) is 3. The Morgan fingerprint density at radius 1 is 0.933 bits per heavy atom. The Kier molecular flexibility index (Phi) is 4.15. The van der Waals surface area contributed by atoms with Crippen molar-refractivity contribution in [1.29, 1.82) is 0 Å². The fourth-order valence-electron chi connectivity index (χ4n) is 2.27. The molecule has 0 aromatic carbocycles. The van der Waals surface area contributed by atoms with Gasteiger partial charge in [0.1, 0.15) is 0 Å². The molecule has 3 nitrogen and oxygen atoms in total. The molecule has 0 aromatic heterocycles. The van der Waals surface area contributed by atoms with Crippen LogP contribution in [0.1, 0.15) is 34.6 Å². The molecule has 2 unspecified atom stereocenters. The largest absolute Gasteiger partial charge is 0.347 e. The molecule has 1 heterocycles. The smallest absolute Gasteiger partial charge is 0.168 e. The van der Waals surface area contributed by atoms with Crippen molar-refractivity contribution in [1.82, 2.24) is 9.80 Å². The lowest BCUT2D eigenvalue weighted by Crippen LogP contribution is -2.62. The second-order valence-corrected chi connectivity index (χ2v) is 5.18. The average molecular weight is 214 g/mol. The Morgan fingerprint density at radius 3 is 1.67 bits per heavy atom. The van der Waals surface area contributed by atoms with Crippen molar-refractivity contribution in [2.75, 3.05) is 14.1 Å². The van der Waals surface area contributed by atoms with E-state index in [0.717, 1.165) is 0 Å². The molecule has 0 saturated carbocycles. The molecule has 1 aliphatic rings. The zero-order chi connectivity index (χ0) is 11.7. The number of rotatable bonds is 2. The molecule has 0 radical (unpaired) electrons. The molecule has 1 fully saturated rings. The minimum atomic E-state index is 0.117. The first kappa shape index (κ1) is 12.9. The second kappa shape index (κ2) is 4.81. The van der Waals surface area contributed by atoms with Crippen LogP contribution in [-0.2, 0) is 4.74 Å². The average Bonchev–Trinajstić information content (AvgIpc) is 2.18. The summed E-state index contributed by atoms with van der Waals surface area (Å²) in [4.78, 5) is 4.65.